The molecule has 3 aromatic carbocycles. The molecule has 0 aliphatic carbocycles. The molecule has 1 heterocycles. The number of nitrogens with zero attached hydrogens (tertiary/aromatic N) is 2. The number of primary amides is 1. The second-order valence-corrected chi connectivity index (χ2v) is 9.14. The van der Waals surface area contributed by atoms with Crippen molar-refractivity contribution in [1.29, 1.82) is 0 Å². The SMILES string of the molecule is CCCC(C(N)=O)N1CC(c2cccc(C(F)(F)F)c2)N(c2ccc(Oc3ccc(Cl)cc3)cc2)C1=O. The van der Waals surface area contributed by atoms with Crippen molar-refractivity contribution in [3.05, 3.63) is 88.9 Å². The molecule has 10 heteroatoms. The van der Waals surface area contributed by atoms with Crippen LogP contribution in [0.15, 0.2) is 72.8 Å². The van der Waals surface area contributed by atoms with E-state index in [1.807, 2.05) is 6.92 Å². The molecule has 1 fully saturated rings. The van der Waals surface area contributed by atoms with Gasteiger partial charge in [-0.25, -0.2) is 4.79 Å². The van der Waals surface area contributed by atoms with Gasteiger partial charge in [0.1, 0.15) is 17.5 Å². The van der Waals surface area contributed by atoms with Gasteiger partial charge in [-0.1, -0.05) is 37.1 Å². The van der Waals surface area contributed by atoms with Crippen molar-refractivity contribution >= 4 is 29.2 Å². The molecule has 0 aromatic heterocycles. The predicted octanol–water partition coefficient (Wildman–Crippen LogP) is 6.79. The van der Waals surface area contributed by atoms with E-state index >= 15 is 0 Å². The Morgan fingerprint density at radius 1 is 1.08 bits per heavy atom. The van der Waals surface area contributed by atoms with Crippen LogP contribution >= 0.6 is 11.6 Å². The zero-order valence-electron chi connectivity index (χ0n) is 19.9. The Kier molecular flexibility index (Phi) is 7.63. The van der Waals surface area contributed by atoms with Crippen LogP contribution in [0.2, 0.25) is 5.02 Å². The highest BCUT2D eigenvalue weighted by Gasteiger charge is 2.44. The number of hydrogen-bond acceptors (Lipinski definition) is 3. The maximum Gasteiger partial charge on any atom is 0.416 e. The Hall–Kier alpha value is -3.72. The standard InChI is InChI=1S/C27H25ClF3N3O3/c1-2-4-23(25(32)35)33-16-24(17-5-3-6-18(15-17)27(29,30)31)34(26(33)36)20-9-13-22(14-10-20)37-21-11-7-19(28)8-12-21/h3,5-15,23-24H,2,4,16H2,1H3,(H2,32,35). The largest absolute Gasteiger partial charge is 0.457 e. The average molecular weight is 532 g/mol. The fourth-order valence-electron chi connectivity index (χ4n) is 4.38. The fourth-order valence-corrected chi connectivity index (χ4v) is 4.51. The summed E-state index contributed by atoms with van der Waals surface area (Å²) in [4.78, 5) is 28.5. The second kappa shape index (κ2) is 10.7. The number of alkyl halides is 3. The van der Waals surface area contributed by atoms with Gasteiger partial charge in [0.25, 0.3) is 0 Å². The highest BCUT2D eigenvalue weighted by Crippen LogP contribution is 2.39. The van der Waals surface area contributed by atoms with Gasteiger partial charge in [0.15, 0.2) is 0 Å². The Balaban J connectivity index is 1.69. The number of anilines is 1. The van der Waals surface area contributed by atoms with E-state index in [0.717, 1.165) is 12.1 Å². The van der Waals surface area contributed by atoms with Gasteiger partial charge < -0.3 is 15.4 Å². The van der Waals surface area contributed by atoms with E-state index in [4.69, 9.17) is 22.1 Å². The smallest absolute Gasteiger partial charge is 0.416 e. The average Bonchev–Trinajstić information content (AvgIpc) is 3.20. The minimum atomic E-state index is -4.54. The summed E-state index contributed by atoms with van der Waals surface area (Å²) in [6.07, 6.45) is -3.60. The first-order valence-corrected chi connectivity index (χ1v) is 12.1. The second-order valence-electron chi connectivity index (χ2n) is 8.70. The van der Waals surface area contributed by atoms with Gasteiger partial charge in [0.2, 0.25) is 5.91 Å². The summed E-state index contributed by atoms with van der Waals surface area (Å²) in [7, 11) is 0. The molecule has 3 aromatic rings. The van der Waals surface area contributed by atoms with Gasteiger partial charge in [-0.3, -0.25) is 9.69 Å². The predicted molar refractivity (Wildman–Crippen MR) is 135 cm³/mol. The molecule has 0 radical (unpaired) electrons. The zero-order valence-corrected chi connectivity index (χ0v) is 20.7. The lowest BCUT2D eigenvalue weighted by Crippen LogP contribution is -2.46. The molecule has 0 bridgehead atoms. The van der Waals surface area contributed by atoms with Crippen molar-refractivity contribution in [3.63, 3.8) is 0 Å². The van der Waals surface area contributed by atoms with Crippen LogP contribution in [0.4, 0.5) is 23.7 Å². The van der Waals surface area contributed by atoms with Crippen LogP contribution in [0, 0.1) is 0 Å². The van der Waals surface area contributed by atoms with Gasteiger partial charge in [0.05, 0.1) is 11.6 Å². The van der Waals surface area contributed by atoms with E-state index in [1.165, 1.54) is 15.9 Å². The molecule has 1 aliphatic rings. The monoisotopic (exact) mass is 531 g/mol. The van der Waals surface area contributed by atoms with Crippen molar-refractivity contribution in [3.8, 4) is 11.5 Å². The number of rotatable bonds is 8. The first-order chi connectivity index (χ1) is 17.6. The number of ether oxygens (including phenoxy) is 1. The van der Waals surface area contributed by atoms with E-state index in [-0.39, 0.29) is 6.54 Å². The van der Waals surface area contributed by atoms with Crippen LogP contribution in [0.1, 0.15) is 36.9 Å². The highest BCUT2D eigenvalue weighted by molar-refractivity contribution is 6.30. The third-order valence-electron chi connectivity index (χ3n) is 6.16. The Bertz CT molecular complexity index is 1270. The molecular weight excluding hydrogens is 507 g/mol. The number of amides is 3. The summed E-state index contributed by atoms with van der Waals surface area (Å²) in [6.45, 7) is 1.87. The minimum absolute atomic E-state index is 0.0107. The van der Waals surface area contributed by atoms with Crippen LogP contribution in [0.3, 0.4) is 0 Å². The Morgan fingerprint density at radius 3 is 2.27 bits per heavy atom. The molecule has 0 spiro atoms. The van der Waals surface area contributed by atoms with Gasteiger partial charge in [-0.15, -0.1) is 0 Å². The molecule has 2 N–H and O–H groups in total. The van der Waals surface area contributed by atoms with E-state index < -0.39 is 35.8 Å². The molecule has 194 valence electrons. The quantitative estimate of drug-likeness (QED) is 0.348. The number of benzene rings is 3. The molecule has 2 atom stereocenters. The third-order valence-corrected chi connectivity index (χ3v) is 6.41. The van der Waals surface area contributed by atoms with Crippen LogP contribution in [0.5, 0.6) is 11.5 Å². The Morgan fingerprint density at radius 2 is 1.70 bits per heavy atom. The number of urea groups is 1. The molecule has 3 amide bonds. The third kappa shape index (κ3) is 5.83. The molecule has 37 heavy (non-hydrogen) atoms. The van der Waals surface area contributed by atoms with Crippen molar-refractivity contribution in [2.24, 2.45) is 5.73 Å². The van der Waals surface area contributed by atoms with Gasteiger partial charge in [-0.2, -0.15) is 13.2 Å². The molecule has 6 nitrogen and oxygen atoms in total. The van der Waals surface area contributed by atoms with Gasteiger partial charge in [-0.05, 0) is 72.6 Å². The first kappa shape index (κ1) is 26.3. The lowest BCUT2D eigenvalue weighted by atomic mass is 10.0. The number of carbonyl (C=O) groups excluding carboxylic acids is 2. The van der Waals surface area contributed by atoms with Crippen molar-refractivity contribution in [2.45, 2.75) is 38.0 Å². The topological polar surface area (TPSA) is 75.9 Å². The molecule has 1 saturated heterocycles. The van der Waals surface area contributed by atoms with Crippen molar-refractivity contribution in [2.75, 3.05) is 11.4 Å². The van der Waals surface area contributed by atoms with Crippen molar-refractivity contribution in [1.82, 2.24) is 4.90 Å². The van der Waals surface area contributed by atoms with Gasteiger partial charge >= 0.3 is 12.2 Å². The number of halogens is 4. The minimum Gasteiger partial charge on any atom is -0.457 e. The molecule has 0 saturated carbocycles. The summed E-state index contributed by atoms with van der Waals surface area (Å²) in [6, 6.07) is 16.1. The lowest BCUT2D eigenvalue weighted by Gasteiger charge is -2.25. The van der Waals surface area contributed by atoms with Crippen LogP contribution < -0.4 is 15.4 Å². The van der Waals surface area contributed by atoms with Gasteiger partial charge in [0, 0.05) is 17.3 Å². The zero-order chi connectivity index (χ0) is 26.7. The molecule has 2 unspecified atom stereocenters. The van der Waals surface area contributed by atoms with E-state index in [2.05, 4.69) is 0 Å². The van der Waals surface area contributed by atoms with E-state index in [1.54, 1.807) is 54.6 Å². The lowest BCUT2D eigenvalue weighted by molar-refractivity contribution is -0.137. The van der Waals surface area contributed by atoms with Crippen LogP contribution in [0.25, 0.3) is 0 Å². The normalized spacial score (nSPS) is 16.7. The number of carbonyl (C=O) groups is 2. The van der Waals surface area contributed by atoms with Crippen molar-refractivity contribution < 1.29 is 27.5 Å². The first-order valence-electron chi connectivity index (χ1n) is 11.7. The van der Waals surface area contributed by atoms with Crippen LogP contribution in [-0.4, -0.2) is 29.4 Å². The van der Waals surface area contributed by atoms with E-state index in [0.29, 0.717) is 40.6 Å². The summed E-state index contributed by atoms with van der Waals surface area (Å²) in [5.41, 5.74) is 5.52. The fraction of sp³-hybridized carbons (Fsp3) is 0.259. The summed E-state index contributed by atoms with van der Waals surface area (Å²) in [5.74, 6) is 0.393. The molecule has 1 aliphatic heterocycles. The summed E-state index contributed by atoms with van der Waals surface area (Å²) >= 11 is 5.91. The summed E-state index contributed by atoms with van der Waals surface area (Å²) < 4.78 is 46.1. The molecular formula is C27H25ClF3N3O3. The number of nitrogens with two attached hydrogens (primary N) is 1. The maximum absolute atomic E-state index is 13.6. The number of hydrogen-bond donors (Lipinski definition) is 1. The van der Waals surface area contributed by atoms with Crippen LogP contribution in [-0.2, 0) is 11.0 Å². The maximum atomic E-state index is 13.6. The summed E-state index contributed by atoms with van der Waals surface area (Å²) in [5, 5.41) is 0.567. The molecule has 4 rings (SSSR count). The highest BCUT2D eigenvalue weighted by atomic mass is 35.5. The Labute approximate surface area is 217 Å². The van der Waals surface area contributed by atoms with E-state index in [9.17, 15) is 22.8 Å².